The molecule has 180 valence electrons. The summed E-state index contributed by atoms with van der Waals surface area (Å²) in [4.78, 5) is 13.2. The third-order valence-electron chi connectivity index (χ3n) is 5.99. The quantitative estimate of drug-likeness (QED) is 0.504. The fourth-order valence-electron chi connectivity index (χ4n) is 4.21. The Bertz CT molecular complexity index is 1270. The molecule has 0 saturated carbocycles. The number of piperidine rings is 1. The van der Waals surface area contributed by atoms with Crippen molar-refractivity contribution in [3.63, 3.8) is 0 Å². The molecule has 7 nitrogen and oxygen atoms in total. The Labute approximate surface area is 200 Å². The Hall–Kier alpha value is -3.10. The number of nitrogens with one attached hydrogen (secondary N) is 1. The summed E-state index contributed by atoms with van der Waals surface area (Å²) >= 11 is 0. The zero-order valence-corrected chi connectivity index (χ0v) is 20.3. The van der Waals surface area contributed by atoms with E-state index < -0.39 is 10.0 Å². The van der Waals surface area contributed by atoms with E-state index in [9.17, 15) is 13.2 Å². The standard InChI is InChI=1S/C26H30N2O5S/c1-3-32-24-12-10-22(18-25(24)33-4-2)27-26(29)20-13-15-28(16-14-20)34(30,31)23-11-9-19-7-5-6-8-21(19)17-23/h5-12,17-18,20H,3-4,13-16H2,1-2H3,(H,27,29). The maximum Gasteiger partial charge on any atom is 0.243 e. The molecular weight excluding hydrogens is 452 g/mol. The maximum atomic E-state index is 13.2. The number of hydrogen-bond donors (Lipinski definition) is 1. The van der Waals surface area contributed by atoms with Crippen LogP contribution in [0.5, 0.6) is 11.5 Å². The summed E-state index contributed by atoms with van der Waals surface area (Å²) in [6.45, 7) is 5.41. The predicted molar refractivity (Wildman–Crippen MR) is 133 cm³/mol. The number of amides is 1. The van der Waals surface area contributed by atoms with E-state index in [0.717, 1.165) is 10.8 Å². The topological polar surface area (TPSA) is 84.9 Å². The average Bonchev–Trinajstić information content (AvgIpc) is 2.85. The Morgan fingerprint density at radius 2 is 1.59 bits per heavy atom. The van der Waals surface area contributed by atoms with Crippen molar-refractivity contribution in [1.29, 1.82) is 0 Å². The van der Waals surface area contributed by atoms with E-state index in [1.165, 1.54) is 4.31 Å². The normalized spacial score (nSPS) is 15.2. The molecule has 8 heteroatoms. The van der Waals surface area contributed by atoms with Crippen LogP contribution in [-0.2, 0) is 14.8 Å². The van der Waals surface area contributed by atoms with Crippen molar-refractivity contribution in [3.8, 4) is 11.5 Å². The van der Waals surface area contributed by atoms with Gasteiger partial charge in [0.2, 0.25) is 15.9 Å². The zero-order valence-electron chi connectivity index (χ0n) is 19.5. The van der Waals surface area contributed by atoms with Gasteiger partial charge in [-0.15, -0.1) is 0 Å². The van der Waals surface area contributed by atoms with E-state index in [2.05, 4.69) is 5.32 Å². The third-order valence-corrected chi connectivity index (χ3v) is 7.89. The van der Waals surface area contributed by atoms with E-state index in [-0.39, 0.29) is 16.7 Å². The Kier molecular flexibility index (Phi) is 7.38. The number of anilines is 1. The minimum atomic E-state index is -3.61. The second-order valence-electron chi connectivity index (χ2n) is 8.20. The lowest BCUT2D eigenvalue weighted by atomic mass is 9.97. The first kappa shape index (κ1) is 24.0. The highest BCUT2D eigenvalue weighted by molar-refractivity contribution is 7.89. The molecule has 34 heavy (non-hydrogen) atoms. The predicted octanol–water partition coefficient (Wildman–Crippen LogP) is 4.68. The maximum absolute atomic E-state index is 13.2. The van der Waals surface area contributed by atoms with Crippen molar-refractivity contribution in [2.24, 2.45) is 5.92 Å². The van der Waals surface area contributed by atoms with E-state index in [0.29, 0.717) is 56.3 Å². The van der Waals surface area contributed by atoms with E-state index in [4.69, 9.17) is 9.47 Å². The molecule has 0 aromatic heterocycles. The van der Waals surface area contributed by atoms with Crippen LogP contribution in [0.4, 0.5) is 5.69 Å². The molecule has 1 fully saturated rings. The molecule has 4 rings (SSSR count). The first-order chi connectivity index (χ1) is 16.4. The van der Waals surface area contributed by atoms with E-state index >= 15 is 0 Å². The second kappa shape index (κ2) is 10.4. The molecule has 1 heterocycles. The molecule has 0 bridgehead atoms. The number of rotatable bonds is 8. The average molecular weight is 483 g/mol. The van der Waals surface area contributed by atoms with Gasteiger partial charge in [-0.1, -0.05) is 30.3 Å². The minimum Gasteiger partial charge on any atom is -0.490 e. The van der Waals surface area contributed by atoms with Gasteiger partial charge in [-0.2, -0.15) is 4.31 Å². The zero-order chi connectivity index (χ0) is 24.1. The summed E-state index contributed by atoms with van der Waals surface area (Å²) in [6.07, 6.45) is 0.933. The monoisotopic (exact) mass is 482 g/mol. The van der Waals surface area contributed by atoms with Crippen molar-refractivity contribution < 1.29 is 22.7 Å². The minimum absolute atomic E-state index is 0.116. The van der Waals surface area contributed by atoms with Crippen LogP contribution in [0.1, 0.15) is 26.7 Å². The van der Waals surface area contributed by atoms with Crippen LogP contribution in [0.2, 0.25) is 0 Å². The lowest BCUT2D eigenvalue weighted by Gasteiger charge is -2.30. The van der Waals surface area contributed by atoms with Gasteiger partial charge >= 0.3 is 0 Å². The second-order valence-corrected chi connectivity index (χ2v) is 10.1. The van der Waals surface area contributed by atoms with Gasteiger partial charge in [0, 0.05) is 30.8 Å². The van der Waals surface area contributed by atoms with Crippen LogP contribution >= 0.6 is 0 Å². The van der Waals surface area contributed by atoms with Crippen molar-refractivity contribution >= 4 is 32.4 Å². The van der Waals surface area contributed by atoms with Gasteiger partial charge in [0.15, 0.2) is 11.5 Å². The molecule has 3 aromatic rings. The van der Waals surface area contributed by atoms with Gasteiger partial charge in [-0.25, -0.2) is 8.42 Å². The summed E-state index contributed by atoms with van der Waals surface area (Å²) in [5.74, 6) is 0.840. The molecule has 1 N–H and O–H groups in total. The van der Waals surface area contributed by atoms with Crippen LogP contribution in [0.15, 0.2) is 65.6 Å². The first-order valence-electron chi connectivity index (χ1n) is 11.6. The lowest BCUT2D eigenvalue weighted by Crippen LogP contribution is -2.41. The van der Waals surface area contributed by atoms with E-state index in [1.54, 1.807) is 30.3 Å². The van der Waals surface area contributed by atoms with E-state index in [1.807, 2.05) is 44.2 Å². The smallest absolute Gasteiger partial charge is 0.243 e. The summed E-state index contributed by atoms with van der Waals surface area (Å²) in [5, 5.41) is 4.83. The van der Waals surface area contributed by atoms with Crippen LogP contribution in [-0.4, -0.2) is 44.9 Å². The number of benzene rings is 3. The summed E-state index contributed by atoms with van der Waals surface area (Å²) in [7, 11) is -3.61. The molecule has 1 saturated heterocycles. The number of carbonyl (C=O) groups excluding carboxylic acids is 1. The molecule has 1 aliphatic heterocycles. The van der Waals surface area contributed by atoms with Crippen molar-refractivity contribution in [3.05, 3.63) is 60.7 Å². The Morgan fingerprint density at radius 1 is 0.912 bits per heavy atom. The fraction of sp³-hybridized carbons (Fsp3) is 0.346. The lowest BCUT2D eigenvalue weighted by molar-refractivity contribution is -0.120. The van der Waals surface area contributed by atoms with Crippen LogP contribution < -0.4 is 14.8 Å². The Morgan fingerprint density at radius 3 is 2.29 bits per heavy atom. The van der Waals surface area contributed by atoms with Gasteiger partial charge in [0.25, 0.3) is 0 Å². The van der Waals surface area contributed by atoms with Crippen molar-refractivity contribution in [2.75, 3.05) is 31.6 Å². The van der Waals surface area contributed by atoms with Gasteiger partial charge in [0.1, 0.15) is 0 Å². The summed E-state index contributed by atoms with van der Waals surface area (Å²) in [5.41, 5.74) is 0.628. The van der Waals surface area contributed by atoms with Gasteiger partial charge in [0.05, 0.1) is 18.1 Å². The molecule has 0 unspecified atom stereocenters. The molecular formula is C26H30N2O5S. The molecule has 3 aromatic carbocycles. The van der Waals surface area contributed by atoms with Crippen LogP contribution in [0.25, 0.3) is 10.8 Å². The Balaban J connectivity index is 1.40. The molecule has 1 aliphatic rings. The number of ether oxygens (including phenoxy) is 2. The van der Waals surface area contributed by atoms with Gasteiger partial charge in [-0.3, -0.25) is 4.79 Å². The number of hydrogen-bond acceptors (Lipinski definition) is 5. The number of sulfonamides is 1. The van der Waals surface area contributed by atoms with Crippen LogP contribution in [0, 0.1) is 5.92 Å². The fourth-order valence-corrected chi connectivity index (χ4v) is 5.71. The van der Waals surface area contributed by atoms with Crippen LogP contribution in [0.3, 0.4) is 0 Å². The van der Waals surface area contributed by atoms with Crippen molar-refractivity contribution in [1.82, 2.24) is 4.31 Å². The van der Waals surface area contributed by atoms with Gasteiger partial charge < -0.3 is 14.8 Å². The first-order valence-corrected chi connectivity index (χ1v) is 13.1. The highest BCUT2D eigenvalue weighted by atomic mass is 32.2. The highest BCUT2D eigenvalue weighted by Gasteiger charge is 2.32. The summed E-state index contributed by atoms with van der Waals surface area (Å²) < 4.78 is 39.0. The number of nitrogens with zero attached hydrogens (tertiary/aromatic N) is 1. The number of fused-ring (bicyclic) bond motifs is 1. The highest BCUT2D eigenvalue weighted by Crippen LogP contribution is 2.32. The molecule has 0 spiro atoms. The van der Waals surface area contributed by atoms with Crippen molar-refractivity contribution in [2.45, 2.75) is 31.6 Å². The summed E-state index contributed by atoms with van der Waals surface area (Å²) in [6, 6.07) is 18.2. The largest absolute Gasteiger partial charge is 0.490 e. The SMILES string of the molecule is CCOc1ccc(NC(=O)C2CCN(S(=O)(=O)c3ccc4ccccc4c3)CC2)cc1OCC. The molecule has 0 atom stereocenters. The third kappa shape index (κ3) is 5.18. The number of carbonyl (C=O) groups is 1. The molecule has 0 radical (unpaired) electrons. The molecule has 1 amide bonds. The van der Waals surface area contributed by atoms with Gasteiger partial charge in [-0.05, 0) is 61.7 Å². The molecule has 0 aliphatic carbocycles.